The van der Waals surface area contributed by atoms with Crippen molar-refractivity contribution in [2.45, 2.75) is 26.3 Å². The standard InChI is InChI=1S/C13H19NO3/c1-10(13(15)16-3)6-7-14-11(2)9-12-5-4-8-17-12/h4-6,8,11,14H,7,9H2,1-3H3/b10-6+. The fraction of sp³-hybridized carbons (Fsp3) is 0.462. The van der Waals surface area contributed by atoms with E-state index >= 15 is 0 Å². The third-order valence-electron chi connectivity index (χ3n) is 2.47. The smallest absolute Gasteiger partial charge is 0.333 e. The van der Waals surface area contributed by atoms with E-state index < -0.39 is 0 Å². The minimum Gasteiger partial charge on any atom is -0.469 e. The quantitative estimate of drug-likeness (QED) is 0.606. The summed E-state index contributed by atoms with van der Waals surface area (Å²) < 4.78 is 9.86. The molecule has 4 nitrogen and oxygen atoms in total. The Morgan fingerprint density at radius 2 is 2.41 bits per heavy atom. The van der Waals surface area contributed by atoms with Crippen LogP contribution in [-0.4, -0.2) is 25.7 Å². The van der Waals surface area contributed by atoms with Crippen LogP contribution in [0.1, 0.15) is 19.6 Å². The Balaban J connectivity index is 2.29. The first-order chi connectivity index (χ1) is 8.13. The maximum Gasteiger partial charge on any atom is 0.333 e. The Kier molecular flexibility index (Phi) is 5.49. The molecule has 0 fully saturated rings. The van der Waals surface area contributed by atoms with E-state index in [1.807, 2.05) is 18.2 Å². The van der Waals surface area contributed by atoms with Gasteiger partial charge >= 0.3 is 5.97 Å². The highest BCUT2D eigenvalue weighted by Gasteiger charge is 2.05. The molecule has 0 aliphatic heterocycles. The third-order valence-corrected chi connectivity index (χ3v) is 2.47. The third kappa shape index (κ3) is 4.87. The van der Waals surface area contributed by atoms with E-state index in [9.17, 15) is 4.79 Å². The van der Waals surface area contributed by atoms with Crippen LogP contribution >= 0.6 is 0 Å². The summed E-state index contributed by atoms with van der Waals surface area (Å²) in [5.74, 6) is 0.671. The van der Waals surface area contributed by atoms with Crippen molar-refractivity contribution in [1.29, 1.82) is 0 Å². The zero-order valence-electron chi connectivity index (χ0n) is 10.5. The summed E-state index contributed by atoms with van der Waals surface area (Å²) >= 11 is 0. The largest absolute Gasteiger partial charge is 0.469 e. The van der Waals surface area contributed by atoms with Crippen molar-refractivity contribution >= 4 is 5.97 Å². The van der Waals surface area contributed by atoms with Crippen LogP contribution in [0.5, 0.6) is 0 Å². The van der Waals surface area contributed by atoms with Gasteiger partial charge in [-0.25, -0.2) is 4.79 Å². The van der Waals surface area contributed by atoms with E-state index in [1.54, 1.807) is 13.2 Å². The molecule has 0 aliphatic rings. The van der Waals surface area contributed by atoms with Crippen LogP contribution in [0.3, 0.4) is 0 Å². The number of ether oxygens (including phenoxy) is 1. The van der Waals surface area contributed by atoms with Crippen molar-refractivity contribution in [3.05, 3.63) is 35.8 Å². The Labute approximate surface area is 102 Å². The average Bonchev–Trinajstić information content (AvgIpc) is 2.80. The SMILES string of the molecule is COC(=O)/C(C)=C/CNC(C)Cc1ccco1. The summed E-state index contributed by atoms with van der Waals surface area (Å²) in [6.07, 6.45) is 4.33. The highest BCUT2D eigenvalue weighted by molar-refractivity contribution is 5.87. The molecule has 0 spiro atoms. The van der Waals surface area contributed by atoms with Crippen LogP contribution in [0, 0.1) is 0 Å². The molecule has 0 radical (unpaired) electrons. The average molecular weight is 237 g/mol. The van der Waals surface area contributed by atoms with Gasteiger partial charge in [-0.1, -0.05) is 6.08 Å². The van der Waals surface area contributed by atoms with Gasteiger partial charge in [-0.2, -0.15) is 0 Å². The number of furan rings is 1. The Hall–Kier alpha value is -1.55. The lowest BCUT2D eigenvalue weighted by molar-refractivity contribution is -0.136. The summed E-state index contributed by atoms with van der Waals surface area (Å²) in [5.41, 5.74) is 0.616. The van der Waals surface area contributed by atoms with E-state index in [1.165, 1.54) is 7.11 Å². The first kappa shape index (κ1) is 13.5. The van der Waals surface area contributed by atoms with Gasteiger partial charge in [0.1, 0.15) is 5.76 Å². The van der Waals surface area contributed by atoms with Gasteiger partial charge in [-0.05, 0) is 26.0 Å². The van der Waals surface area contributed by atoms with Gasteiger partial charge < -0.3 is 14.5 Å². The molecule has 0 saturated heterocycles. The molecule has 0 amide bonds. The normalized spacial score (nSPS) is 13.5. The topological polar surface area (TPSA) is 51.5 Å². The van der Waals surface area contributed by atoms with E-state index in [2.05, 4.69) is 17.0 Å². The molecule has 1 rings (SSSR count). The molecule has 1 atom stereocenters. The number of carbonyl (C=O) groups excluding carboxylic acids is 1. The minimum absolute atomic E-state index is 0.287. The predicted octanol–water partition coefficient (Wildman–Crippen LogP) is 1.92. The van der Waals surface area contributed by atoms with Gasteiger partial charge in [0.05, 0.1) is 13.4 Å². The highest BCUT2D eigenvalue weighted by Crippen LogP contribution is 2.03. The van der Waals surface area contributed by atoms with Crippen LogP contribution in [0.15, 0.2) is 34.5 Å². The molecule has 0 aliphatic carbocycles. The maximum absolute atomic E-state index is 11.1. The van der Waals surface area contributed by atoms with Gasteiger partial charge in [0.2, 0.25) is 0 Å². The van der Waals surface area contributed by atoms with Crippen molar-refractivity contribution in [1.82, 2.24) is 5.32 Å². The number of esters is 1. The van der Waals surface area contributed by atoms with Crippen LogP contribution in [0.2, 0.25) is 0 Å². The molecule has 1 aromatic rings. The number of hydrogen-bond donors (Lipinski definition) is 1. The molecule has 0 bridgehead atoms. The van der Waals surface area contributed by atoms with Crippen molar-refractivity contribution in [3.63, 3.8) is 0 Å². The second kappa shape index (κ2) is 6.91. The van der Waals surface area contributed by atoms with Crippen molar-refractivity contribution < 1.29 is 13.9 Å². The van der Waals surface area contributed by atoms with Crippen LogP contribution in [0.25, 0.3) is 0 Å². The molecular weight excluding hydrogens is 218 g/mol. The summed E-state index contributed by atoms with van der Waals surface area (Å²) in [6.45, 7) is 4.46. The van der Waals surface area contributed by atoms with Crippen molar-refractivity contribution in [2.75, 3.05) is 13.7 Å². The molecule has 0 saturated carbocycles. The molecule has 1 N–H and O–H groups in total. The minimum atomic E-state index is -0.287. The Morgan fingerprint density at radius 1 is 1.65 bits per heavy atom. The molecule has 1 unspecified atom stereocenters. The van der Waals surface area contributed by atoms with E-state index in [0.717, 1.165) is 12.2 Å². The molecular formula is C13H19NO3. The van der Waals surface area contributed by atoms with Crippen LogP contribution in [-0.2, 0) is 16.0 Å². The van der Waals surface area contributed by atoms with Crippen LogP contribution < -0.4 is 5.32 Å². The number of rotatable bonds is 6. The number of carbonyl (C=O) groups is 1. The van der Waals surface area contributed by atoms with E-state index in [0.29, 0.717) is 18.2 Å². The second-order valence-corrected chi connectivity index (χ2v) is 3.97. The molecule has 17 heavy (non-hydrogen) atoms. The summed E-state index contributed by atoms with van der Waals surface area (Å²) in [5, 5.41) is 3.29. The van der Waals surface area contributed by atoms with E-state index in [-0.39, 0.29) is 5.97 Å². The lowest BCUT2D eigenvalue weighted by Crippen LogP contribution is -2.28. The van der Waals surface area contributed by atoms with Gasteiger partial charge in [0.25, 0.3) is 0 Å². The van der Waals surface area contributed by atoms with Crippen LogP contribution in [0.4, 0.5) is 0 Å². The zero-order valence-corrected chi connectivity index (χ0v) is 10.5. The molecule has 0 aromatic carbocycles. The van der Waals surface area contributed by atoms with Crippen molar-refractivity contribution in [2.24, 2.45) is 0 Å². The number of nitrogens with one attached hydrogen (secondary N) is 1. The fourth-order valence-corrected chi connectivity index (χ4v) is 1.46. The first-order valence-corrected chi connectivity index (χ1v) is 5.64. The number of hydrogen-bond acceptors (Lipinski definition) is 4. The Bertz CT molecular complexity index is 368. The molecule has 94 valence electrons. The highest BCUT2D eigenvalue weighted by atomic mass is 16.5. The van der Waals surface area contributed by atoms with Gasteiger partial charge in [-0.3, -0.25) is 0 Å². The molecule has 1 aromatic heterocycles. The second-order valence-electron chi connectivity index (χ2n) is 3.97. The monoisotopic (exact) mass is 237 g/mol. The van der Waals surface area contributed by atoms with Gasteiger partial charge in [0, 0.05) is 24.6 Å². The summed E-state index contributed by atoms with van der Waals surface area (Å²) in [4.78, 5) is 11.1. The zero-order chi connectivity index (χ0) is 12.7. The van der Waals surface area contributed by atoms with E-state index in [4.69, 9.17) is 4.42 Å². The van der Waals surface area contributed by atoms with Gasteiger partial charge in [0.15, 0.2) is 0 Å². The summed E-state index contributed by atoms with van der Waals surface area (Å²) in [6, 6.07) is 4.12. The molecule has 1 heterocycles. The lowest BCUT2D eigenvalue weighted by atomic mass is 10.2. The first-order valence-electron chi connectivity index (χ1n) is 5.64. The Morgan fingerprint density at radius 3 is 3.00 bits per heavy atom. The summed E-state index contributed by atoms with van der Waals surface area (Å²) in [7, 11) is 1.38. The van der Waals surface area contributed by atoms with Crippen molar-refractivity contribution in [3.8, 4) is 0 Å². The predicted molar refractivity (Wildman–Crippen MR) is 65.6 cm³/mol. The van der Waals surface area contributed by atoms with Gasteiger partial charge in [-0.15, -0.1) is 0 Å². The maximum atomic E-state index is 11.1. The number of methoxy groups -OCH3 is 1. The molecule has 4 heteroatoms. The lowest BCUT2D eigenvalue weighted by Gasteiger charge is -2.10. The fourth-order valence-electron chi connectivity index (χ4n) is 1.46.